The molecule has 0 aliphatic carbocycles. The van der Waals surface area contributed by atoms with Crippen molar-refractivity contribution in [2.24, 2.45) is 5.73 Å². The zero-order valence-electron chi connectivity index (χ0n) is 9.92. The number of rotatable bonds is 3. The minimum Gasteiger partial charge on any atom is -0.373 e. The summed E-state index contributed by atoms with van der Waals surface area (Å²) in [6, 6.07) is 0.856. The summed E-state index contributed by atoms with van der Waals surface area (Å²) in [5.74, 6) is 0. The maximum Gasteiger partial charge on any atom is 0.0753 e. The van der Waals surface area contributed by atoms with Crippen LogP contribution in [0.2, 0.25) is 0 Å². The van der Waals surface area contributed by atoms with E-state index in [1.54, 1.807) is 0 Å². The van der Waals surface area contributed by atoms with Crippen LogP contribution in [-0.2, 0) is 4.74 Å². The van der Waals surface area contributed by atoms with Gasteiger partial charge in [-0.2, -0.15) is 0 Å². The highest BCUT2D eigenvalue weighted by molar-refractivity contribution is 4.82. The molecule has 3 nitrogen and oxygen atoms in total. The van der Waals surface area contributed by atoms with Crippen LogP contribution >= 0.6 is 0 Å². The van der Waals surface area contributed by atoms with E-state index in [0.29, 0.717) is 6.04 Å². The molecule has 1 aliphatic rings. The number of hydrogen-bond acceptors (Lipinski definition) is 3. The predicted molar refractivity (Wildman–Crippen MR) is 59.3 cm³/mol. The fourth-order valence-corrected chi connectivity index (χ4v) is 2.12. The van der Waals surface area contributed by atoms with Crippen molar-refractivity contribution >= 4 is 0 Å². The average Bonchev–Trinajstić information content (AvgIpc) is 2.01. The minimum absolute atomic E-state index is 0.00431. The lowest BCUT2D eigenvalue weighted by Gasteiger charge is -2.41. The summed E-state index contributed by atoms with van der Waals surface area (Å²) in [6.45, 7) is 11.5. The van der Waals surface area contributed by atoms with Crippen molar-refractivity contribution in [1.82, 2.24) is 4.90 Å². The lowest BCUT2D eigenvalue weighted by molar-refractivity contribution is -0.0963. The Hall–Kier alpha value is -0.120. The largest absolute Gasteiger partial charge is 0.373 e. The highest BCUT2D eigenvalue weighted by Gasteiger charge is 2.29. The third-order valence-electron chi connectivity index (χ3n) is 2.79. The van der Waals surface area contributed by atoms with E-state index in [9.17, 15) is 0 Å². The van der Waals surface area contributed by atoms with Gasteiger partial charge in [-0.1, -0.05) is 0 Å². The monoisotopic (exact) mass is 200 g/mol. The molecule has 84 valence electrons. The molecular formula is C11H24N2O. The Balaban J connectivity index is 2.43. The van der Waals surface area contributed by atoms with Crippen molar-refractivity contribution in [3.05, 3.63) is 0 Å². The predicted octanol–water partition coefficient (Wildman–Crippen LogP) is 1.22. The van der Waals surface area contributed by atoms with E-state index in [-0.39, 0.29) is 11.6 Å². The van der Waals surface area contributed by atoms with Gasteiger partial charge in [0, 0.05) is 25.2 Å². The first-order valence-electron chi connectivity index (χ1n) is 5.54. The van der Waals surface area contributed by atoms with Crippen molar-refractivity contribution in [3.63, 3.8) is 0 Å². The average molecular weight is 200 g/mol. The van der Waals surface area contributed by atoms with Crippen LogP contribution in [0.4, 0.5) is 0 Å². The molecular weight excluding hydrogens is 176 g/mol. The van der Waals surface area contributed by atoms with Crippen LogP contribution in [0.25, 0.3) is 0 Å². The van der Waals surface area contributed by atoms with Gasteiger partial charge in [0.2, 0.25) is 0 Å². The molecule has 0 bridgehead atoms. The fraction of sp³-hybridized carbons (Fsp3) is 1.00. The number of nitrogens with zero attached hydrogens (tertiary/aromatic N) is 1. The summed E-state index contributed by atoms with van der Waals surface area (Å²) in [6.07, 6.45) is 1.07. The molecule has 0 aromatic heterocycles. The quantitative estimate of drug-likeness (QED) is 0.744. The topological polar surface area (TPSA) is 38.5 Å². The Morgan fingerprint density at radius 1 is 1.43 bits per heavy atom. The van der Waals surface area contributed by atoms with Gasteiger partial charge in [-0.15, -0.1) is 0 Å². The Labute approximate surface area is 87.6 Å². The van der Waals surface area contributed by atoms with Crippen LogP contribution in [0.1, 0.15) is 34.1 Å². The number of nitrogens with two attached hydrogens (primary N) is 1. The van der Waals surface area contributed by atoms with E-state index < -0.39 is 0 Å². The molecule has 2 N–H and O–H groups in total. The summed E-state index contributed by atoms with van der Waals surface area (Å²) in [4.78, 5) is 2.48. The van der Waals surface area contributed by atoms with Crippen LogP contribution in [-0.4, -0.2) is 42.3 Å². The van der Waals surface area contributed by atoms with Gasteiger partial charge in [-0.3, -0.25) is 4.90 Å². The van der Waals surface area contributed by atoms with Crippen molar-refractivity contribution in [3.8, 4) is 0 Å². The Morgan fingerprint density at radius 3 is 2.57 bits per heavy atom. The third-order valence-corrected chi connectivity index (χ3v) is 2.79. The smallest absolute Gasteiger partial charge is 0.0753 e. The molecule has 2 atom stereocenters. The third kappa shape index (κ3) is 3.56. The van der Waals surface area contributed by atoms with Gasteiger partial charge in [0.05, 0.1) is 12.2 Å². The van der Waals surface area contributed by atoms with Gasteiger partial charge < -0.3 is 10.5 Å². The fourth-order valence-electron chi connectivity index (χ4n) is 2.12. The number of hydrogen-bond donors (Lipinski definition) is 1. The number of ether oxygens (including phenoxy) is 1. The Kier molecular flexibility index (Phi) is 3.93. The number of morpholine rings is 1. The molecule has 1 fully saturated rings. The van der Waals surface area contributed by atoms with E-state index in [2.05, 4.69) is 32.6 Å². The molecule has 1 heterocycles. The van der Waals surface area contributed by atoms with Crippen molar-refractivity contribution in [1.29, 1.82) is 0 Å². The van der Waals surface area contributed by atoms with E-state index in [1.165, 1.54) is 0 Å². The molecule has 0 saturated carbocycles. The zero-order chi connectivity index (χ0) is 10.8. The summed E-state index contributed by atoms with van der Waals surface area (Å²) >= 11 is 0. The molecule has 2 unspecified atom stereocenters. The molecule has 0 amide bonds. The minimum atomic E-state index is 0.00431. The summed E-state index contributed by atoms with van der Waals surface area (Å²) in [7, 11) is 0. The molecule has 3 heteroatoms. The second kappa shape index (κ2) is 4.60. The van der Waals surface area contributed by atoms with Gasteiger partial charge in [-0.25, -0.2) is 0 Å². The van der Waals surface area contributed by atoms with Crippen LogP contribution < -0.4 is 5.73 Å². The highest BCUT2D eigenvalue weighted by Crippen LogP contribution is 2.19. The van der Waals surface area contributed by atoms with Gasteiger partial charge >= 0.3 is 0 Å². The van der Waals surface area contributed by atoms with E-state index in [4.69, 9.17) is 10.5 Å². The second-order valence-electron chi connectivity index (χ2n) is 5.14. The lowest BCUT2D eigenvalue weighted by atomic mass is 10.0. The van der Waals surface area contributed by atoms with Gasteiger partial charge in [0.15, 0.2) is 0 Å². The zero-order valence-corrected chi connectivity index (χ0v) is 9.92. The van der Waals surface area contributed by atoms with Crippen molar-refractivity contribution in [2.75, 3.05) is 19.7 Å². The first-order chi connectivity index (χ1) is 6.41. The SMILES string of the molecule is CC(N)CC(C)N1CCOC(C)(C)C1. The Bertz CT molecular complexity index is 180. The second-order valence-corrected chi connectivity index (χ2v) is 5.14. The molecule has 0 aromatic carbocycles. The summed E-state index contributed by atoms with van der Waals surface area (Å²) in [5.41, 5.74) is 5.81. The maximum absolute atomic E-state index is 5.81. The first kappa shape index (κ1) is 12.0. The maximum atomic E-state index is 5.81. The molecule has 1 aliphatic heterocycles. The molecule has 0 radical (unpaired) electrons. The van der Waals surface area contributed by atoms with E-state index in [1.807, 2.05) is 0 Å². The molecule has 0 aromatic rings. The van der Waals surface area contributed by atoms with Gasteiger partial charge in [0.25, 0.3) is 0 Å². The molecule has 1 rings (SSSR count). The highest BCUT2D eigenvalue weighted by atomic mass is 16.5. The van der Waals surface area contributed by atoms with Gasteiger partial charge in [-0.05, 0) is 34.1 Å². The summed E-state index contributed by atoms with van der Waals surface area (Å²) < 4.78 is 5.68. The van der Waals surface area contributed by atoms with Gasteiger partial charge in [0.1, 0.15) is 0 Å². The normalized spacial score (nSPS) is 27.2. The molecule has 14 heavy (non-hydrogen) atoms. The van der Waals surface area contributed by atoms with E-state index >= 15 is 0 Å². The molecule has 1 saturated heterocycles. The van der Waals surface area contributed by atoms with Crippen LogP contribution in [0.5, 0.6) is 0 Å². The standard InChI is InChI=1S/C11H24N2O/c1-9(12)7-10(2)13-5-6-14-11(3,4)8-13/h9-10H,5-8,12H2,1-4H3. The lowest BCUT2D eigenvalue weighted by Crippen LogP contribution is -2.52. The van der Waals surface area contributed by atoms with E-state index in [0.717, 1.165) is 26.1 Å². The Morgan fingerprint density at radius 2 is 2.07 bits per heavy atom. The first-order valence-corrected chi connectivity index (χ1v) is 5.54. The van der Waals surface area contributed by atoms with Crippen LogP contribution in [0, 0.1) is 0 Å². The van der Waals surface area contributed by atoms with Crippen molar-refractivity contribution < 1.29 is 4.74 Å². The van der Waals surface area contributed by atoms with Crippen LogP contribution in [0.15, 0.2) is 0 Å². The van der Waals surface area contributed by atoms with Crippen LogP contribution in [0.3, 0.4) is 0 Å². The molecule has 0 spiro atoms. The summed E-state index contributed by atoms with van der Waals surface area (Å²) in [5, 5.41) is 0. The van der Waals surface area contributed by atoms with Crippen molar-refractivity contribution in [2.45, 2.75) is 51.8 Å².